The third-order valence-electron chi connectivity index (χ3n) is 5.61. The van der Waals surface area contributed by atoms with Crippen LogP contribution in [0.5, 0.6) is 0 Å². The molecular weight excluding hydrogens is 486 g/mol. The third-order valence-corrected chi connectivity index (χ3v) is 7.01. The zero-order valence-corrected chi connectivity index (χ0v) is 18.9. The van der Waals surface area contributed by atoms with Crippen molar-refractivity contribution in [3.63, 3.8) is 0 Å². The fraction of sp³-hybridized carbons (Fsp3) is 0.450. The smallest absolute Gasteiger partial charge is 0.146 e. The minimum absolute atomic E-state index is 0.0546. The van der Waals surface area contributed by atoms with Gasteiger partial charge in [0.1, 0.15) is 6.23 Å². The maximum absolute atomic E-state index is 5.97. The SMILES string of the molecule is Cc1ccc2c(c1Nc1c(Br)cnc(C3CC3)c1Br)NNN2C1CCCCO1. The fourth-order valence-electron chi connectivity index (χ4n) is 3.88. The minimum atomic E-state index is 0.0546. The molecule has 0 spiro atoms. The van der Waals surface area contributed by atoms with Crippen LogP contribution in [-0.4, -0.2) is 17.8 Å². The number of anilines is 4. The molecule has 2 fully saturated rings. The van der Waals surface area contributed by atoms with E-state index in [9.17, 15) is 0 Å². The van der Waals surface area contributed by atoms with Gasteiger partial charge in [-0.1, -0.05) is 6.07 Å². The number of hydrogen-bond acceptors (Lipinski definition) is 6. The largest absolute Gasteiger partial charge is 0.357 e. The fourth-order valence-corrected chi connectivity index (χ4v) is 5.28. The Hall–Kier alpha value is -1.35. The molecule has 2 aromatic rings. The number of hydrogen-bond donors (Lipinski definition) is 3. The number of aryl methyl sites for hydroxylation is 1. The molecule has 1 saturated carbocycles. The van der Waals surface area contributed by atoms with E-state index in [0.29, 0.717) is 5.92 Å². The highest BCUT2D eigenvalue weighted by molar-refractivity contribution is 9.11. The van der Waals surface area contributed by atoms with Crippen molar-refractivity contribution in [3.8, 4) is 0 Å². The van der Waals surface area contributed by atoms with Crippen molar-refractivity contribution in [2.24, 2.45) is 0 Å². The zero-order valence-electron chi connectivity index (χ0n) is 15.7. The van der Waals surface area contributed by atoms with Crippen LogP contribution < -0.4 is 21.3 Å². The normalized spacial score (nSPS) is 21.4. The number of nitrogens with one attached hydrogen (secondary N) is 3. The number of fused-ring (bicyclic) bond motifs is 1. The highest BCUT2D eigenvalue weighted by atomic mass is 79.9. The van der Waals surface area contributed by atoms with Crippen molar-refractivity contribution in [2.75, 3.05) is 22.4 Å². The Morgan fingerprint density at radius 3 is 2.79 bits per heavy atom. The first kappa shape index (κ1) is 18.7. The molecule has 2 aliphatic heterocycles. The number of ether oxygens (including phenoxy) is 1. The molecule has 5 rings (SSSR count). The number of hydrazine groups is 2. The molecular formula is C20H23Br2N5O. The Labute approximate surface area is 181 Å². The number of nitrogens with zero attached hydrogens (tertiary/aromatic N) is 2. The second-order valence-electron chi connectivity index (χ2n) is 7.66. The monoisotopic (exact) mass is 507 g/mol. The van der Waals surface area contributed by atoms with Crippen molar-refractivity contribution in [1.29, 1.82) is 0 Å². The summed E-state index contributed by atoms with van der Waals surface area (Å²) in [6, 6.07) is 4.30. The summed E-state index contributed by atoms with van der Waals surface area (Å²) in [6.07, 6.45) is 7.74. The zero-order chi connectivity index (χ0) is 19.3. The topological polar surface area (TPSA) is 61.5 Å². The van der Waals surface area contributed by atoms with E-state index in [0.717, 1.165) is 56.8 Å². The molecule has 1 saturated heterocycles. The van der Waals surface area contributed by atoms with Gasteiger partial charge in [-0.05, 0) is 82.5 Å². The van der Waals surface area contributed by atoms with Crippen molar-refractivity contribution >= 4 is 54.6 Å². The Morgan fingerprint density at radius 1 is 1.18 bits per heavy atom. The van der Waals surface area contributed by atoms with Crippen molar-refractivity contribution in [2.45, 2.75) is 51.2 Å². The van der Waals surface area contributed by atoms with Gasteiger partial charge in [-0.3, -0.25) is 15.4 Å². The van der Waals surface area contributed by atoms with Crippen LogP contribution >= 0.6 is 31.9 Å². The summed E-state index contributed by atoms with van der Waals surface area (Å²) in [6.45, 7) is 2.94. The van der Waals surface area contributed by atoms with Gasteiger partial charge in [0, 0.05) is 18.7 Å². The quantitative estimate of drug-likeness (QED) is 0.491. The second-order valence-corrected chi connectivity index (χ2v) is 9.31. The molecule has 0 radical (unpaired) electrons. The standard InChI is InChI=1S/C20H23Br2N5O/c1-11-5-8-14-20(25-26-27(14)15-4-2-3-9-28-15)17(11)24-19-13(21)10-23-18(16(19)22)12-6-7-12/h5,8,10,12,15,25-26H,2-4,6-7,9H2,1H3,(H,23,24). The van der Waals surface area contributed by atoms with Crippen LogP contribution in [0.1, 0.15) is 49.3 Å². The van der Waals surface area contributed by atoms with Crippen LogP contribution in [-0.2, 0) is 4.74 Å². The van der Waals surface area contributed by atoms with Crippen molar-refractivity contribution in [1.82, 2.24) is 10.5 Å². The minimum Gasteiger partial charge on any atom is -0.357 e. The Bertz CT molecular complexity index is 912. The predicted molar refractivity (Wildman–Crippen MR) is 119 cm³/mol. The van der Waals surface area contributed by atoms with Crippen LogP contribution in [0.2, 0.25) is 0 Å². The van der Waals surface area contributed by atoms with Crippen LogP contribution in [0, 0.1) is 6.92 Å². The maximum atomic E-state index is 5.97. The van der Waals surface area contributed by atoms with Gasteiger partial charge in [-0.25, -0.2) is 0 Å². The van der Waals surface area contributed by atoms with Gasteiger partial charge in [0.15, 0.2) is 0 Å². The summed E-state index contributed by atoms with van der Waals surface area (Å²) < 4.78 is 7.96. The van der Waals surface area contributed by atoms with E-state index in [1.54, 1.807) is 0 Å². The van der Waals surface area contributed by atoms with Gasteiger partial charge in [0.2, 0.25) is 0 Å². The van der Waals surface area contributed by atoms with E-state index in [-0.39, 0.29) is 6.23 Å². The first-order valence-electron chi connectivity index (χ1n) is 9.80. The van der Waals surface area contributed by atoms with Crippen LogP contribution in [0.3, 0.4) is 0 Å². The molecule has 3 aliphatic rings. The Kier molecular flexibility index (Phi) is 4.99. The summed E-state index contributed by atoms with van der Waals surface area (Å²) >= 11 is 7.45. The van der Waals surface area contributed by atoms with Gasteiger partial charge in [-0.2, -0.15) is 0 Å². The number of pyridine rings is 1. The van der Waals surface area contributed by atoms with E-state index in [1.165, 1.54) is 24.8 Å². The van der Waals surface area contributed by atoms with Gasteiger partial charge in [0.05, 0.1) is 37.4 Å². The van der Waals surface area contributed by atoms with E-state index in [1.807, 2.05) is 6.20 Å². The molecule has 6 nitrogen and oxygen atoms in total. The number of benzene rings is 1. The summed E-state index contributed by atoms with van der Waals surface area (Å²) in [7, 11) is 0. The highest BCUT2D eigenvalue weighted by Gasteiger charge is 2.32. The predicted octanol–water partition coefficient (Wildman–Crippen LogP) is 5.71. The lowest BCUT2D eigenvalue weighted by Gasteiger charge is -2.31. The molecule has 8 heteroatoms. The van der Waals surface area contributed by atoms with Gasteiger partial charge < -0.3 is 10.1 Å². The molecule has 0 amide bonds. The summed E-state index contributed by atoms with van der Waals surface area (Å²) in [5, 5.41) is 5.75. The second kappa shape index (κ2) is 7.48. The summed E-state index contributed by atoms with van der Waals surface area (Å²) in [5.41, 5.74) is 13.2. The number of rotatable bonds is 4. The van der Waals surface area contributed by atoms with Crippen LogP contribution in [0.4, 0.5) is 22.7 Å². The Morgan fingerprint density at radius 2 is 2.04 bits per heavy atom. The average Bonchev–Trinajstić information content (AvgIpc) is 3.45. The van der Waals surface area contributed by atoms with E-state index in [2.05, 4.69) is 77.2 Å². The lowest BCUT2D eigenvalue weighted by Crippen LogP contribution is -2.47. The van der Waals surface area contributed by atoms with E-state index < -0.39 is 0 Å². The summed E-state index contributed by atoms with van der Waals surface area (Å²) in [4.78, 5) is 4.62. The highest BCUT2D eigenvalue weighted by Crippen LogP contribution is 2.48. The molecule has 3 N–H and O–H groups in total. The molecule has 1 aromatic carbocycles. The number of aromatic nitrogens is 1. The van der Waals surface area contributed by atoms with Crippen molar-refractivity contribution in [3.05, 3.63) is 38.5 Å². The van der Waals surface area contributed by atoms with E-state index >= 15 is 0 Å². The lowest BCUT2D eigenvalue weighted by molar-refractivity contribution is 0.0103. The van der Waals surface area contributed by atoms with Gasteiger partial charge >= 0.3 is 0 Å². The van der Waals surface area contributed by atoms with Crippen LogP contribution in [0.15, 0.2) is 27.3 Å². The van der Waals surface area contributed by atoms with Crippen molar-refractivity contribution < 1.29 is 4.74 Å². The third kappa shape index (κ3) is 3.30. The molecule has 28 heavy (non-hydrogen) atoms. The van der Waals surface area contributed by atoms with Gasteiger partial charge in [0.25, 0.3) is 0 Å². The Balaban J connectivity index is 1.50. The summed E-state index contributed by atoms with van der Waals surface area (Å²) in [5.74, 6) is 0.573. The molecule has 1 aliphatic carbocycles. The molecule has 1 aromatic heterocycles. The van der Waals surface area contributed by atoms with E-state index in [4.69, 9.17) is 4.74 Å². The van der Waals surface area contributed by atoms with Crippen LogP contribution in [0.25, 0.3) is 0 Å². The number of halogens is 2. The molecule has 148 valence electrons. The lowest BCUT2D eigenvalue weighted by atomic mass is 10.1. The molecule has 1 atom stereocenters. The molecule has 3 heterocycles. The molecule has 1 unspecified atom stereocenters. The maximum Gasteiger partial charge on any atom is 0.146 e. The first-order valence-corrected chi connectivity index (χ1v) is 11.4. The average molecular weight is 509 g/mol. The molecule has 0 bridgehead atoms. The first-order chi connectivity index (χ1) is 13.6. The van der Waals surface area contributed by atoms with Gasteiger partial charge in [-0.15, -0.1) is 5.53 Å².